The number of guanidine groups is 1. The maximum atomic E-state index is 4.91. The normalized spacial score (nSPS) is 22.9. The summed E-state index contributed by atoms with van der Waals surface area (Å²) in [5, 5.41) is 11.4. The van der Waals surface area contributed by atoms with E-state index in [9.17, 15) is 0 Å². The Balaban J connectivity index is 1.54. The van der Waals surface area contributed by atoms with Gasteiger partial charge in [-0.2, -0.15) is 5.10 Å². The summed E-state index contributed by atoms with van der Waals surface area (Å²) in [6, 6.07) is 0.724. The van der Waals surface area contributed by atoms with Gasteiger partial charge in [0.15, 0.2) is 5.96 Å². The topological polar surface area (TPSA) is 60.7 Å². The number of nitrogens with zero attached hydrogens (tertiary/aromatic N) is 5. The molecule has 2 heterocycles. The molecule has 0 amide bonds. The molecular formula is C21H39N7. The molecule has 3 rings (SSSR count). The van der Waals surface area contributed by atoms with Crippen LogP contribution in [-0.2, 0) is 7.05 Å². The highest BCUT2D eigenvalue weighted by atomic mass is 15.3. The van der Waals surface area contributed by atoms with Crippen LogP contribution >= 0.6 is 0 Å². The van der Waals surface area contributed by atoms with Gasteiger partial charge in [0.05, 0.1) is 18.8 Å². The molecule has 7 heteroatoms. The highest BCUT2D eigenvalue weighted by Gasteiger charge is 2.26. The Morgan fingerprint density at radius 2 is 2.11 bits per heavy atom. The minimum atomic E-state index is 0.228. The van der Waals surface area contributed by atoms with E-state index in [-0.39, 0.29) is 6.04 Å². The first-order valence-electron chi connectivity index (χ1n) is 11.0. The molecule has 1 saturated heterocycles. The number of aryl methyl sites for hydroxylation is 1. The van der Waals surface area contributed by atoms with Crippen LogP contribution in [0.2, 0.25) is 0 Å². The molecule has 28 heavy (non-hydrogen) atoms. The average Bonchev–Trinajstić information content (AvgIpc) is 3.39. The van der Waals surface area contributed by atoms with E-state index in [4.69, 9.17) is 4.99 Å². The second kappa shape index (κ2) is 10.3. The number of aromatic nitrogens is 2. The Hall–Kier alpha value is -1.60. The van der Waals surface area contributed by atoms with Crippen molar-refractivity contribution < 1.29 is 0 Å². The Morgan fingerprint density at radius 1 is 1.32 bits per heavy atom. The van der Waals surface area contributed by atoms with Crippen LogP contribution in [0.4, 0.5) is 0 Å². The van der Waals surface area contributed by atoms with Crippen LogP contribution in [0.1, 0.15) is 50.6 Å². The standard InChI is InChI=1S/C21H39N7/c1-5-22-21(23-13-20(26(2)3)18-12-24-27(4)15-18)25-19-10-11-28(16-19)14-17-8-6-7-9-17/h12,15,17,19-20H,5-11,13-14,16H2,1-4H3,(H2,22,23,25). The Labute approximate surface area is 170 Å². The third kappa shape index (κ3) is 5.95. The molecule has 2 unspecified atom stereocenters. The van der Waals surface area contributed by atoms with Crippen molar-refractivity contribution in [3.05, 3.63) is 18.0 Å². The van der Waals surface area contributed by atoms with Crippen molar-refractivity contribution in [2.24, 2.45) is 18.0 Å². The summed E-state index contributed by atoms with van der Waals surface area (Å²) in [6.45, 7) is 7.36. The number of likely N-dealkylation sites (N-methyl/N-ethyl adjacent to an activating group) is 1. The zero-order valence-electron chi connectivity index (χ0n) is 18.2. The van der Waals surface area contributed by atoms with Gasteiger partial charge in [0.25, 0.3) is 0 Å². The lowest BCUT2D eigenvalue weighted by atomic mass is 10.1. The van der Waals surface area contributed by atoms with Crippen LogP contribution in [0.15, 0.2) is 17.4 Å². The van der Waals surface area contributed by atoms with E-state index < -0.39 is 0 Å². The molecule has 1 aliphatic heterocycles. The number of hydrogen-bond acceptors (Lipinski definition) is 4. The van der Waals surface area contributed by atoms with Gasteiger partial charge in [-0.1, -0.05) is 12.8 Å². The van der Waals surface area contributed by atoms with E-state index in [1.807, 2.05) is 17.9 Å². The second-order valence-electron chi connectivity index (χ2n) is 8.69. The van der Waals surface area contributed by atoms with Gasteiger partial charge < -0.3 is 20.4 Å². The number of nitrogens with one attached hydrogen (secondary N) is 2. The molecule has 7 nitrogen and oxygen atoms in total. The van der Waals surface area contributed by atoms with Gasteiger partial charge in [-0.3, -0.25) is 9.67 Å². The van der Waals surface area contributed by atoms with Gasteiger partial charge in [-0.25, -0.2) is 0 Å². The zero-order valence-corrected chi connectivity index (χ0v) is 18.2. The van der Waals surface area contributed by atoms with Gasteiger partial charge >= 0.3 is 0 Å². The molecule has 2 N–H and O–H groups in total. The van der Waals surface area contributed by atoms with Crippen LogP contribution in [0.25, 0.3) is 0 Å². The largest absolute Gasteiger partial charge is 0.357 e. The van der Waals surface area contributed by atoms with Crippen molar-refractivity contribution in [1.82, 2.24) is 30.2 Å². The van der Waals surface area contributed by atoms with Crippen LogP contribution in [-0.4, -0.2) is 78.4 Å². The summed E-state index contributed by atoms with van der Waals surface area (Å²) in [6.07, 6.45) is 11.0. The smallest absolute Gasteiger partial charge is 0.191 e. The van der Waals surface area contributed by atoms with Gasteiger partial charge in [-0.15, -0.1) is 0 Å². The fourth-order valence-corrected chi connectivity index (χ4v) is 4.54. The fraction of sp³-hybridized carbons (Fsp3) is 0.810. The van der Waals surface area contributed by atoms with E-state index in [1.54, 1.807) is 0 Å². The molecule has 1 aromatic heterocycles. The van der Waals surface area contributed by atoms with Crippen LogP contribution in [0, 0.1) is 5.92 Å². The summed E-state index contributed by atoms with van der Waals surface area (Å²) in [5.41, 5.74) is 1.20. The van der Waals surface area contributed by atoms with E-state index >= 15 is 0 Å². The molecular weight excluding hydrogens is 350 g/mol. The van der Waals surface area contributed by atoms with E-state index in [0.29, 0.717) is 12.6 Å². The molecule has 2 fully saturated rings. The van der Waals surface area contributed by atoms with Gasteiger partial charge in [-0.05, 0) is 46.2 Å². The molecule has 0 radical (unpaired) electrons. The van der Waals surface area contributed by atoms with Gasteiger partial charge in [0.1, 0.15) is 0 Å². The van der Waals surface area contributed by atoms with Crippen molar-refractivity contribution in [3.8, 4) is 0 Å². The average molecular weight is 390 g/mol. The highest BCUT2D eigenvalue weighted by molar-refractivity contribution is 5.80. The lowest BCUT2D eigenvalue weighted by molar-refractivity contribution is 0.275. The van der Waals surface area contributed by atoms with Crippen LogP contribution < -0.4 is 10.6 Å². The highest BCUT2D eigenvalue weighted by Crippen LogP contribution is 2.26. The quantitative estimate of drug-likeness (QED) is 0.525. The van der Waals surface area contributed by atoms with Crippen molar-refractivity contribution in [2.45, 2.75) is 51.1 Å². The molecule has 2 atom stereocenters. The van der Waals surface area contributed by atoms with Gasteiger partial charge in [0.2, 0.25) is 0 Å². The number of rotatable bonds is 8. The third-order valence-corrected chi connectivity index (χ3v) is 6.10. The summed E-state index contributed by atoms with van der Waals surface area (Å²) < 4.78 is 1.86. The Morgan fingerprint density at radius 3 is 2.75 bits per heavy atom. The summed E-state index contributed by atoms with van der Waals surface area (Å²) >= 11 is 0. The first kappa shape index (κ1) is 21.1. The minimum Gasteiger partial charge on any atom is -0.357 e. The number of likely N-dealkylation sites (tertiary alicyclic amines) is 1. The third-order valence-electron chi connectivity index (χ3n) is 6.10. The molecule has 1 aromatic rings. The molecule has 1 saturated carbocycles. The van der Waals surface area contributed by atoms with Crippen LogP contribution in [0.5, 0.6) is 0 Å². The Kier molecular flexibility index (Phi) is 7.73. The van der Waals surface area contributed by atoms with Crippen molar-refractivity contribution in [3.63, 3.8) is 0 Å². The lowest BCUT2D eigenvalue weighted by Gasteiger charge is -2.23. The lowest BCUT2D eigenvalue weighted by Crippen LogP contribution is -2.45. The molecule has 0 bridgehead atoms. The van der Waals surface area contributed by atoms with Crippen molar-refractivity contribution in [2.75, 3.05) is 46.8 Å². The predicted molar refractivity (Wildman–Crippen MR) is 116 cm³/mol. The minimum absolute atomic E-state index is 0.228. The summed E-state index contributed by atoms with van der Waals surface area (Å²) in [7, 11) is 6.17. The van der Waals surface area contributed by atoms with E-state index in [0.717, 1.165) is 25.0 Å². The first-order valence-corrected chi connectivity index (χ1v) is 11.0. The predicted octanol–water partition coefficient (Wildman–Crippen LogP) is 1.84. The van der Waals surface area contributed by atoms with Crippen molar-refractivity contribution in [1.29, 1.82) is 0 Å². The summed E-state index contributed by atoms with van der Waals surface area (Å²) in [5.74, 6) is 1.87. The van der Waals surface area contributed by atoms with Crippen LogP contribution in [0.3, 0.4) is 0 Å². The van der Waals surface area contributed by atoms with E-state index in [1.165, 1.54) is 50.8 Å². The first-order chi connectivity index (χ1) is 13.5. The molecule has 0 spiro atoms. The zero-order chi connectivity index (χ0) is 19.9. The molecule has 2 aliphatic rings. The second-order valence-corrected chi connectivity index (χ2v) is 8.69. The Bertz CT molecular complexity index is 618. The molecule has 158 valence electrons. The van der Waals surface area contributed by atoms with E-state index in [2.05, 4.69) is 52.7 Å². The SMILES string of the molecule is CCNC(=NCC(c1cnn(C)c1)N(C)C)NC1CCN(CC2CCCC2)C1. The van der Waals surface area contributed by atoms with Gasteiger partial charge in [0, 0.05) is 51.0 Å². The number of hydrogen-bond donors (Lipinski definition) is 2. The molecule has 1 aliphatic carbocycles. The number of aliphatic imine (C=N–C) groups is 1. The van der Waals surface area contributed by atoms with Crippen molar-refractivity contribution >= 4 is 5.96 Å². The fourth-order valence-electron chi connectivity index (χ4n) is 4.54. The summed E-state index contributed by atoms with van der Waals surface area (Å²) in [4.78, 5) is 9.77. The maximum absolute atomic E-state index is 4.91. The monoisotopic (exact) mass is 389 g/mol. The molecule has 0 aromatic carbocycles. The maximum Gasteiger partial charge on any atom is 0.191 e.